The fourth-order valence-corrected chi connectivity index (χ4v) is 2.90. The van der Waals surface area contributed by atoms with Crippen LogP contribution in [0.15, 0.2) is 47.6 Å². The van der Waals surface area contributed by atoms with Gasteiger partial charge in [0.15, 0.2) is 5.16 Å². The number of aromatic amines is 1. The summed E-state index contributed by atoms with van der Waals surface area (Å²) in [5.41, 5.74) is 9.61. The first-order valence-electron chi connectivity index (χ1n) is 6.26. The number of anilines is 1. The molecular weight excluding hydrogens is 270 g/mol. The Hall–Kier alpha value is -2.14. The number of methoxy groups -OCH3 is 1. The monoisotopic (exact) mass is 285 g/mol. The summed E-state index contributed by atoms with van der Waals surface area (Å²) in [5, 5.41) is 0.907. The summed E-state index contributed by atoms with van der Waals surface area (Å²) in [6.45, 7) is 0. The van der Waals surface area contributed by atoms with E-state index in [1.165, 1.54) is 0 Å². The van der Waals surface area contributed by atoms with Crippen molar-refractivity contribution in [2.75, 3.05) is 12.8 Å². The van der Waals surface area contributed by atoms with Crippen molar-refractivity contribution in [2.45, 2.75) is 10.9 Å². The number of benzene rings is 2. The molecule has 4 nitrogen and oxygen atoms in total. The zero-order valence-electron chi connectivity index (χ0n) is 11.1. The molecule has 0 radical (unpaired) electrons. The Bertz CT molecular complexity index is 706. The molecule has 1 heterocycles. The number of para-hydroxylation sites is 2. The summed E-state index contributed by atoms with van der Waals surface area (Å²) >= 11 is 1.65. The van der Waals surface area contributed by atoms with Crippen molar-refractivity contribution in [3.8, 4) is 5.75 Å². The number of aromatic nitrogens is 2. The molecule has 3 rings (SSSR count). The topological polar surface area (TPSA) is 63.9 Å². The highest BCUT2D eigenvalue weighted by molar-refractivity contribution is 7.98. The molecule has 0 aliphatic heterocycles. The van der Waals surface area contributed by atoms with E-state index in [0.717, 1.165) is 33.3 Å². The third kappa shape index (κ3) is 2.58. The highest BCUT2D eigenvalue weighted by atomic mass is 32.2. The van der Waals surface area contributed by atoms with E-state index in [-0.39, 0.29) is 0 Å². The number of thioether (sulfide) groups is 1. The van der Waals surface area contributed by atoms with Crippen LogP contribution in [0.2, 0.25) is 0 Å². The van der Waals surface area contributed by atoms with Crippen molar-refractivity contribution >= 4 is 28.5 Å². The third-order valence-corrected chi connectivity index (χ3v) is 3.97. The normalized spacial score (nSPS) is 10.8. The van der Waals surface area contributed by atoms with E-state index in [0.29, 0.717) is 5.69 Å². The van der Waals surface area contributed by atoms with Crippen LogP contribution in [0.25, 0.3) is 11.0 Å². The van der Waals surface area contributed by atoms with Crippen molar-refractivity contribution in [3.63, 3.8) is 0 Å². The summed E-state index contributed by atoms with van der Waals surface area (Å²) < 4.78 is 5.35. The van der Waals surface area contributed by atoms with Crippen LogP contribution in [0.5, 0.6) is 5.75 Å². The lowest BCUT2D eigenvalue weighted by atomic mass is 10.2. The Balaban J connectivity index is 1.79. The van der Waals surface area contributed by atoms with Gasteiger partial charge in [-0.3, -0.25) is 0 Å². The van der Waals surface area contributed by atoms with Gasteiger partial charge in [-0.2, -0.15) is 0 Å². The zero-order chi connectivity index (χ0) is 13.9. The fraction of sp³-hybridized carbons (Fsp3) is 0.133. The van der Waals surface area contributed by atoms with Crippen LogP contribution in [0.1, 0.15) is 5.56 Å². The van der Waals surface area contributed by atoms with Crippen LogP contribution in [0.3, 0.4) is 0 Å². The van der Waals surface area contributed by atoms with Gasteiger partial charge in [-0.05, 0) is 18.2 Å². The highest BCUT2D eigenvalue weighted by Crippen LogP contribution is 2.29. The Morgan fingerprint density at radius 3 is 2.90 bits per heavy atom. The van der Waals surface area contributed by atoms with Crippen molar-refractivity contribution in [3.05, 3.63) is 48.0 Å². The van der Waals surface area contributed by atoms with Gasteiger partial charge >= 0.3 is 0 Å². The van der Waals surface area contributed by atoms with Crippen molar-refractivity contribution < 1.29 is 4.74 Å². The molecule has 0 spiro atoms. The molecule has 0 fully saturated rings. The van der Waals surface area contributed by atoms with Gasteiger partial charge in [-0.25, -0.2) is 4.98 Å². The summed E-state index contributed by atoms with van der Waals surface area (Å²) in [5.74, 6) is 1.59. The number of rotatable bonds is 4. The smallest absolute Gasteiger partial charge is 0.166 e. The Labute approximate surface area is 121 Å². The minimum absolute atomic E-state index is 0.708. The molecule has 1 aromatic heterocycles. The predicted octanol–water partition coefficient (Wildman–Crippen LogP) is 3.45. The molecule has 0 atom stereocenters. The summed E-state index contributed by atoms with van der Waals surface area (Å²) in [4.78, 5) is 7.84. The first-order chi connectivity index (χ1) is 9.76. The van der Waals surface area contributed by atoms with Crippen LogP contribution in [0, 0.1) is 0 Å². The minimum Gasteiger partial charge on any atom is -0.496 e. The van der Waals surface area contributed by atoms with E-state index in [1.54, 1.807) is 18.9 Å². The average Bonchev–Trinajstić information content (AvgIpc) is 2.88. The second kappa shape index (κ2) is 5.46. The van der Waals surface area contributed by atoms with Crippen LogP contribution in [-0.2, 0) is 5.75 Å². The van der Waals surface area contributed by atoms with Gasteiger partial charge in [0.1, 0.15) is 5.75 Å². The predicted molar refractivity (Wildman–Crippen MR) is 83.1 cm³/mol. The second-order valence-electron chi connectivity index (χ2n) is 4.42. The number of nitrogen functional groups attached to an aromatic ring is 1. The van der Waals surface area contributed by atoms with E-state index >= 15 is 0 Å². The molecule has 0 amide bonds. The number of imidazole rings is 1. The molecule has 0 unspecified atom stereocenters. The molecule has 0 bridgehead atoms. The highest BCUT2D eigenvalue weighted by Gasteiger charge is 2.07. The first kappa shape index (κ1) is 12.9. The molecule has 102 valence electrons. The average molecular weight is 285 g/mol. The number of nitrogens with two attached hydrogens (primary N) is 1. The Morgan fingerprint density at radius 2 is 2.10 bits per heavy atom. The van der Waals surface area contributed by atoms with Gasteiger partial charge in [0.05, 0.1) is 18.1 Å². The first-order valence-corrected chi connectivity index (χ1v) is 7.25. The molecule has 0 saturated carbocycles. The number of hydrogen-bond acceptors (Lipinski definition) is 4. The van der Waals surface area contributed by atoms with E-state index in [9.17, 15) is 0 Å². The molecule has 3 N–H and O–H groups in total. The number of H-pyrrole nitrogens is 1. The number of nitrogens with one attached hydrogen (secondary N) is 1. The molecule has 5 heteroatoms. The quantitative estimate of drug-likeness (QED) is 0.569. The fourth-order valence-electron chi connectivity index (χ4n) is 2.02. The second-order valence-corrected chi connectivity index (χ2v) is 5.38. The molecule has 0 saturated heterocycles. The molecule has 0 aliphatic rings. The van der Waals surface area contributed by atoms with Crippen molar-refractivity contribution in [1.29, 1.82) is 0 Å². The third-order valence-electron chi connectivity index (χ3n) is 3.04. The lowest BCUT2D eigenvalue weighted by Crippen LogP contribution is -1.93. The van der Waals surface area contributed by atoms with Gasteiger partial charge in [0.2, 0.25) is 0 Å². The number of nitrogens with zero attached hydrogens (tertiary/aromatic N) is 1. The SMILES string of the molecule is COc1cc(N)ccc1CSc1nc2ccccc2[nH]1. The van der Waals surface area contributed by atoms with Crippen molar-refractivity contribution in [1.82, 2.24) is 9.97 Å². The van der Waals surface area contributed by atoms with Crippen LogP contribution in [0.4, 0.5) is 5.69 Å². The molecular formula is C15H15N3OS. The molecule has 3 aromatic rings. The summed E-state index contributed by atoms with van der Waals surface area (Å²) in [6, 6.07) is 13.7. The van der Waals surface area contributed by atoms with E-state index in [1.807, 2.05) is 42.5 Å². The van der Waals surface area contributed by atoms with Gasteiger partial charge in [0, 0.05) is 23.1 Å². The van der Waals surface area contributed by atoms with Gasteiger partial charge in [0.25, 0.3) is 0 Å². The van der Waals surface area contributed by atoms with Crippen LogP contribution >= 0.6 is 11.8 Å². The Morgan fingerprint density at radius 1 is 1.25 bits per heavy atom. The van der Waals surface area contributed by atoms with E-state index < -0.39 is 0 Å². The van der Waals surface area contributed by atoms with Crippen molar-refractivity contribution in [2.24, 2.45) is 0 Å². The standard InChI is InChI=1S/C15H15N3OS/c1-19-14-8-11(16)7-6-10(14)9-20-15-17-12-4-2-3-5-13(12)18-15/h2-8H,9,16H2,1H3,(H,17,18). The van der Waals surface area contributed by atoms with Crippen LogP contribution < -0.4 is 10.5 Å². The number of fused-ring (bicyclic) bond motifs is 1. The molecule has 20 heavy (non-hydrogen) atoms. The number of ether oxygens (including phenoxy) is 1. The number of hydrogen-bond donors (Lipinski definition) is 2. The lowest BCUT2D eigenvalue weighted by Gasteiger charge is -2.08. The zero-order valence-corrected chi connectivity index (χ0v) is 11.9. The maximum Gasteiger partial charge on any atom is 0.166 e. The maximum atomic E-state index is 5.76. The lowest BCUT2D eigenvalue weighted by molar-refractivity contribution is 0.411. The Kier molecular flexibility index (Phi) is 3.52. The van der Waals surface area contributed by atoms with Gasteiger partial charge in [-0.15, -0.1) is 0 Å². The van der Waals surface area contributed by atoms with Crippen LogP contribution in [-0.4, -0.2) is 17.1 Å². The molecule has 0 aliphatic carbocycles. The summed E-state index contributed by atoms with van der Waals surface area (Å²) in [6.07, 6.45) is 0. The summed E-state index contributed by atoms with van der Waals surface area (Å²) in [7, 11) is 1.66. The minimum atomic E-state index is 0.708. The van der Waals surface area contributed by atoms with E-state index in [2.05, 4.69) is 9.97 Å². The largest absolute Gasteiger partial charge is 0.496 e. The maximum absolute atomic E-state index is 5.76. The molecule has 2 aromatic carbocycles. The van der Waals surface area contributed by atoms with E-state index in [4.69, 9.17) is 10.5 Å². The van der Waals surface area contributed by atoms with Gasteiger partial charge in [-0.1, -0.05) is 30.0 Å². The van der Waals surface area contributed by atoms with Gasteiger partial charge < -0.3 is 15.5 Å².